The van der Waals surface area contributed by atoms with E-state index in [2.05, 4.69) is 10.3 Å². The molecule has 3 rings (SSSR count). The number of ether oxygens (including phenoxy) is 1. The van der Waals surface area contributed by atoms with Gasteiger partial charge in [-0.05, 0) is 49.4 Å². The van der Waals surface area contributed by atoms with Gasteiger partial charge in [0.2, 0.25) is 11.8 Å². The third-order valence-electron chi connectivity index (χ3n) is 4.54. The molecule has 1 aliphatic rings. The van der Waals surface area contributed by atoms with Crippen molar-refractivity contribution >= 4 is 52.1 Å². The SMILES string of the molecule is CCOC(=O)c1ccc(N=C2S[C@H](C(=O)Nc3cccc(C(=O)O)c3)CC(=O)N2C)cc1. The van der Waals surface area contributed by atoms with Crippen molar-refractivity contribution in [1.29, 1.82) is 0 Å². The predicted molar refractivity (Wildman–Crippen MR) is 120 cm³/mol. The number of nitrogens with one attached hydrogen (secondary N) is 1. The number of amides is 2. The average Bonchev–Trinajstić information content (AvgIpc) is 2.77. The van der Waals surface area contributed by atoms with E-state index in [9.17, 15) is 19.2 Å². The third-order valence-corrected chi connectivity index (χ3v) is 5.78. The van der Waals surface area contributed by atoms with Crippen molar-refractivity contribution in [1.82, 2.24) is 4.90 Å². The van der Waals surface area contributed by atoms with E-state index in [0.29, 0.717) is 22.1 Å². The highest BCUT2D eigenvalue weighted by Crippen LogP contribution is 2.29. The van der Waals surface area contributed by atoms with Gasteiger partial charge in [0.15, 0.2) is 5.17 Å². The maximum Gasteiger partial charge on any atom is 0.338 e. The molecule has 1 heterocycles. The summed E-state index contributed by atoms with van der Waals surface area (Å²) in [5.41, 5.74) is 1.27. The molecule has 2 aromatic rings. The number of aliphatic imine (C=N–C) groups is 1. The monoisotopic (exact) mass is 455 g/mol. The van der Waals surface area contributed by atoms with Crippen LogP contribution in [0, 0.1) is 0 Å². The Morgan fingerprint density at radius 2 is 1.91 bits per heavy atom. The van der Waals surface area contributed by atoms with Gasteiger partial charge in [-0.25, -0.2) is 14.6 Å². The van der Waals surface area contributed by atoms with E-state index in [1.165, 1.54) is 23.1 Å². The van der Waals surface area contributed by atoms with Gasteiger partial charge in [-0.3, -0.25) is 14.5 Å². The summed E-state index contributed by atoms with van der Waals surface area (Å²) in [7, 11) is 1.58. The highest BCUT2D eigenvalue weighted by molar-refractivity contribution is 8.15. The Labute approximate surface area is 188 Å². The van der Waals surface area contributed by atoms with Crippen molar-refractivity contribution in [3.8, 4) is 0 Å². The van der Waals surface area contributed by atoms with Crippen molar-refractivity contribution in [2.24, 2.45) is 4.99 Å². The lowest BCUT2D eigenvalue weighted by atomic mass is 10.2. The summed E-state index contributed by atoms with van der Waals surface area (Å²) in [6.45, 7) is 2.00. The van der Waals surface area contributed by atoms with Crippen LogP contribution in [0.1, 0.15) is 34.1 Å². The van der Waals surface area contributed by atoms with Crippen LogP contribution >= 0.6 is 11.8 Å². The molecular weight excluding hydrogens is 434 g/mol. The number of amidine groups is 1. The molecule has 0 aromatic heterocycles. The van der Waals surface area contributed by atoms with Crippen molar-refractivity contribution in [2.45, 2.75) is 18.6 Å². The first kappa shape index (κ1) is 23.0. The first-order chi connectivity index (χ1) is 15.3. The van der Waals surface area contributed by atoms with Crippen molar-refractivity contribution < 1.29 is 29.0 Å². The van der Waals surface area contributed by atoms with Gasteiger partial charge in [0.25, 0.3) is 0 Å². The number of thioether (sulfide) groups is 1. The molecule has 166 valence electrons. The van der Waals surface area contributed by atoms with E-state index in [0.717, 1.165) is 11.8 Å². The molecule has 32 heavy (non-hydrogen) atoms. The molecule has 2 N–H and O–H groups in total. The van der Waals surface area contributed by atoms with Gasteiger partial charge in [0.1, 0.15) is 5.25 Å². The van der Waals surface area contributed by atoms with E-state index in [-0.39, 0.29) is 24.5 Å². The van der Waals surface area contributed by atoms with Crippen LogP contribution in [-0.4, -0.2) is 57.8 Å². The highest BCUT2D eigenvalue weighted by atomic mass is 32.2. The van der Waals surface area contributed by atoms with E-state index in [1.807, 2.05) is 0 Å². The molecule has 10 heteroatoms. The summed E-state index contributed by atoms with van der Waals surface area (Å²) in [5, 5.41) is 11.4. The summed E-state index contributed by atoms with van der Waals surface area (Å²) < 4.78 is 4.95. The van der Waals surface area contributed by atoms with Gasteiger partial charge in [0.05, 0.1) is 23.4 Å². The molecule has 0 aliphatic carbocycles. The molecule has 2 aromatic carbocycles. The van der Waals surface area contributed by atoms with Crippen LogP contribution in [0.3, 0.4) is 0 Å². The summed E-state index contributed by atoms with van der Waals surface area (Å²) in [4.78, 5) is 53.9. The van der Waals surface area contributed by atoms with Crippen LogP contribution in [-0.2, 0) is 14.3 Å². The summed E-state index contributed by atoms with van der Waals surface area (Å²) >= 11 is 1.13. The number of carboxylic acids is 1. The van der Waals surface area contributed by atoms with Gasteiger partial charge in [0, 0.05) is 19.2 Å². The van der Waals surface area contributed by atoms with Crippen LogP contribution < -0.4 is 5.32 Å². The summed E-state index contributed by atoms with van der Waals surface area (Å²) in [5.74, 6) is -2.24. The van der Waals surface area contributed by atoms with Crippen molar-refractivity contribution in [3.05, 3.63) is 59.7 Å². The fraction of sp³-hybridized carbons (Fsp3) is 0.227. The lowest BCUT2D eigenvalue weighted by Gasteiger charge is -2.28. The van der Waals surface area contributed by atoms with E-state index in [1.54, 1.807) is 44.3 Å². The Hall–Kier alpha value is -3.66. The fourth-order valence-electron chi connectivity index (χ4n) is 2.85. The Balaban J connectivity index is 1.75. The third kappa shape index (κ3) is 5.52. The van der Waals surface area contributed by atoms with Gasteiger partial charge in [-0.1, -0.05) is 17.8 Å². The molecule has 1 fully saturated rings. The van der Waals surface area contributed by atoms with Gasteiger partial charge in [-0.15, -0.1) is 0 Å². The number of hydrogen-bond acceptors (Lipinski definition) is 7. The molecule has 1 atom stereocenters. The zero-order valence-electron chi connectivity index (χ0n) is 17.4. The second kappa shape index (κ2) is 10.1. The number of aromatic carboxylic acids is 1. The zero-order valence-corrected chi connectivity index (χ0v) is 18.2. The minimum atomic E-state index is -1.10. The zero-order chi connectivity index (χ0) is 23.3. The van der Waals surface area contributed by atoms with Crippen LogP contribution in [0.15, 0.2) is 53.5 Å². The van der Waals surface area contributed by atoms with Crippen molar-refractivity contribution in [3.63, 3.8) is 0 Å². The van der Waals surface area contributed by atoms with Crippen LogP contribution in [0.25, 0.3) is 0 Å². The molecule has 1 aliphatic heterocycles. The Bertz CT molecular complexity index is 1080. The minimum absolute atomic E-state index is 0.0214. The standard InChI is InChI=1S/C22H21N3O6S/c1-3-31-21(30)13-7-9-15(10-8-13)24-22-25(2)18(26)12-17(32-22)19(27)23-16-6-4-5-14(11-16)20(28)29/h4-11,17H,3,12H2,1-2H3,(H,23,27)(H,28,29)/t17-/m0/s1. The minimum Gasteiger partial charge on any atom is -0.478 e. The van der Waals surface area contributed by atoms with Crippen LogP contribution in [0.4, 0.5) is 11.4 Å². The van der Waals surface area contributed by atoms with Crippen molar-refractivity contribution in [2.75, 3.05) is 19.0 Å². The molecule has 9 nitrogen and oxygen atoms in total. The number of carboxylic acid groups (broad SMARTS) is 1. The van der Waals surface area contributed by atoms with E-state index < -0.39 is 23.1 Å². The first-order valence-electron chi connectivity index (χ1n) is 9.71. The van der Waals surface area contributed by atoms with Gasteiger partial charge >= 0.3 is 11.9 Å². The molecule has 0 bridgehead atoms. The Morgan fingerprint density at radius 1 is 1.19 bits per heavy atom. The highest BCUT2D eigenvalue weighted by Gasteiger charge is 2.34. The Morgan fingerprint density at radius 3 is 2.56 bits per heavy atom. The van der Waals surface area contributed by atoms with Gasteiger partial charge in [-0.2, -0.15) is 0 Å². The number of nitrogens with zero attached hydrogens (tertiary/aromatic N) is 2. The lowest BCUT2D eigenvalue weighted by molar-refractivity contribution is -0.128. The molecule has 0 spiro atoms. The maximum absolute atomic E-state index is 12.7. The normalized spacial score (nSPS) is 17.2. The first-order valence-corrected chi connectivity index (χ1v) is 10.6. The van der Waals surface area contributed by atoms with E-state index >= 15 is 0 Å². The lowest BCUT2D eigenvalue weighted by Crippen LogP contribution is -2.43. The smallest absolute Gasteiger partial charge is 0.338 e. The number of rotatable bonds is 6. The molecule has 0 unspecified atom stereocenters. The predicted octanol–water partition coefficient (Wildman–Crippen LogP) is 3.15. The molecule has 0 radical (unpaired) electrons. The number of carbonyl (C=O) groups excluding carboxylic acids is 3. The topological polar surface area (TPSA) is 125 Å². The number of benzene rings is 2. The summed E-state index contributed by atoms with van der Waals surface area (Å²) in [6.07, 6.45) is -0.0214. The quantitative estimate of drug-likeness (QED) is 0.641. The molecule has 0 saturated carbocycles. The largest absolute Gasteiger partial charge is 0.478 e. The van der Waals surface area contributed by atoms with E-state index in [4.69, 9.17) is 9.84 Å². The average molecular weight is 455 g/mol. The fourth-order valence-corrected chi connectivity index (χ4v) is 3.91. The molecule has 1 saturated heterocycles. The second-order valence-corrected chi connectivity index (χ2v) is 7.97. The maximum atomic E-state index is 12.7. The number of esters is 1. The molecular formula is C22H21N3O6S. The van der Waals surface area contributed by atoms with Gasteiger partial charge < -0.3 is 15.2 Å². The number of hydrogen-bond donors (Lipinski definition) is 2. The second-order valence-electron chi connectivity index (χ2n) is 6.80. The Kier molecular flexibility index (Phi) is 7.26. The van der Waals surface area contributed by atoms with Crippen LogP contribution in [0.2, 0.25) is 0 Å². The number of carbonyl (C=O) groups is 4. The van der Waals surface area contributed by atoms with Crippen LogP contribution in [0.5, 0.6) is 0 Å². The summed E-state index contributed by atoms with van der Waals surface area (Å²) in [6, 6.07) is 12.3. The number of anilines is 1. The molecule has 2 amide bonds.